The van der Waals surface area contributed by atoms with E-state index >= 15 is 0 Å². The van der Waals surface area contributed by atoms with Crippen LogP contribution in [0.5, 0.6) is 0 Å². The lowest BCUT2D eigenvalue weighted by Gasteiger charge is -2.40. The van der Waals surface area contributed by atoms with Gasteiger partial charge < -0.3 is 15.0 Å². The molecule has 1 saturated heterocycles. The third-order valence-corrected chi connectivity index (χ3v) is 3.46. The number of alkyl carbamates (subject to hydrolysis) is 1. The molecule has 0 bridgehead atoms. The Kier molecular flexibility index (Phi) is 4.72. The molecule has 8 nitrogen and oxygen atoms in total. The van der Waals surface area contributed by atoms with Crippen LogP contribution >= 0.6 is 0 Å². The van der Waals surface area contributed by atoms with Crippen LogP contribution in [0.25, 0.3) is 0 Å². The number of aromatic nitrogens is 1. The van der Waals surface area contributed by atoms with Gasteiger partial charge in [-0.1, -0.05) is 6.92 Å². The maximum Gasteiger partial charge on any atom is 0.407 e. The van der Waals surface area contributed by atoms with Gasteiger partial charge >= 0.3 is 6.09 Å². The van der Waals surface area contributed by atoms with Crippen LogP contribution in [-0.4, -0.2) is 40.7 Å². The van der Waals surface area contributed by atoms with Gasteiger partial charge in [0.1, 0.15) is 17.6 Å². The summed E-state index contributed by atoms with van der Waals surface area (Å²) in [6.07, 6.45) is 1.43. The van der Waals surface area contributed by atoms with Crippen molar-refractivity contribution in [2.75, 3.05) is 18.0 Å². The van der Waals surface area contributed by atoms with Crippen LogP contribution in [0, 0.1) is 10.1 Å². The smallest absolute Gasteiger partial charge is 0.407 e. The lowest BCUT2D eigenvalue weighted by atomic mass is 10.1. The zero-order valence-corrected chi connectivity index (χ0v) is 13.8. The maximum absolute atomic E-state index is 11.7. The lowest BCUT2D eigenvalue weighted by Crippen LogP contribution is -2.60. The Bertz CT molecular complexity index is 606. The summed E-state index contributed by atoms with van der Waals surface area (Å²) in [6, 6.07) is 1.73. The molecule has 0 spiro atoms. The molecule has 0 unspecified atom stereocenters. The third-order valence-electron chi connectivity index (χ3n) is 3.46. The van der Waals surface area contributed by atoms with Gasteiger partial charge in [-0.2, -0.15) is 0 Å². The first-order chi connectivity index (χ1) is 10.7. The largest absolute Gasteiger partial charge is 0.444 e. The van der Waals surface area contributed by atoms with Crippen LogP contribution < -0.4 is 10.2 Å². The lowest BCUT2D eigenvalue weighted by molar-refractivity contribution is -0.385. The summed E-state index contributed by atoms with van der Waals surface area (Å²) in [4.78, 5) is 28.3. The summed E-state index contributed by atoms with van der Waals surface area (Å²) in [6.45, 7) is 8.52. The number of aryl methyl sites for hydroxylation is 1. The number of hydrogen-bond acceptors (Lipinski definition) is 6. The number of pyridine rings is 1. The first-order valence-electron chi connectivity index (χ1n) is 7.57. The summed E-state index contributed by atoms with van der Waals surface area (Å²) < 4.78 is 5.20. The SMILES string of the molecule is CCc1cc(N2CC(NC(=O)OC(C)(C)C)C2)ncc1[N+](=O)[O-]. The van der Waals surface area contributed by atoms with Crippen molar-refractivity contribution in [3.63, 3.8) is 0 Å². The highest BCUT2D eigenvalue weighted by atomic mass is 16.6. The number of nitro groups is 1. The predicted molar refractivity (Wildman–Crippen MR) is 85.6 cm³/mol. The van der Waals surface area contributed by atoms with Crippen molar-refractivity contribution in [3.8, 4) is 0 Å². The highest BCUT2D eigenvalue weighted by Crippen LogP contribution is 2.25. The third kappa shape index (κ3) is 4.30. The molecule has 0 atom stereocenters. The van der Waals surface area contributed by atoms with Crippen LogP contribution in [0.1, 0.15) is 33.3 Å². The first kappa shape index (κ1) is 17.0. The van der Waals surface area contributed by atoms with E-state index in [-0.39, 0.29) is 11.7 Å². The van der Waals surface area contributed by atoms with E-state index < -0.39 is 16.6 Å². The quantitative estimate of drug-likeness (QED) is 0.674. The zero-order valence-electron chi connectivity index (χ0n) is 13.8. The van der Waals surface area contributed by atoms with E-state index in [9.17, 15) is 14.9 Å². The van der Waals surface area contributed by atoms with Crippen molar-refractivity contribution >= 4 is 17.6 Å². The Morgan fingerprint density at radius 1 is 1.52 bits per heavy atom. The number of rotatable bonds is 4. The van der Waals surface area contributed by atoms with E-state index in [2.05, 4.69) is 10.3 Å². The van der Waals surface area contributed by atoms with Crippen molar-refractivity contribution < 1.29 is 14.5 Å². The standard InChI is InChI=1S/C15H22N4O4/c1-5-10-6-13(16-7-12(10)19(21)22)18-8-11(9-18)17-14(20)23-15(2,3)4/h6-7,11H,5,8-9H2,1-4H3,(H,17,20). The molecule has 2 heterocycles. The average molecular weight is 322 g/mol. The van der Waals surface area contributed by atoms with Crippen LogP contribution in [0.2, 0.25) is 0 Å². The molecule has 1 N–H and O–H groups in total. The van der Waals surface area contributed by atoms with Gasteiger partial charge in [-0.05, 0) is 33.3 Å². The molecule has 126 valence electrons. The van der Waals surface area contributed by atoms with Crippen LogP contribution in [0.15, 0.2) is 12.3 Å². The minimum atomic E-state index is -0.524. The predicted octanol–water partition coefficient (Wildman–Crippen LogP) is 2.27. The highest BCUT2D eigenvalue weighted by molar-refractivity contribution is 5.69. The van der Waals surface area contributed by atoms with Gasteiger partial charge in [0, 0.05) is 18.7 Å². The number of nitrogens with one attached hydrogen (secondary N) is 1. The van der Waals surface area contributed by atoms with Gasteiger partial charge in [0.2, 0.25) is 0 Å². The Hall–Kier alpha value is -2.38. The molecule has 8 heteroatoms. The second kappa shape index (κ2) is 6.39. The van der Waals surface area contributed by atoms with E-state index in [0.29, 0.717) is 30.9 Å². The molecule has 1 amide bonds. The van der Waals surface area contributed by atoms with Gasteiger partial charge in [-0.25, -0.2) is 9.78 Å². The molecule has 1 fully saturated rings. The fraction of sp³-hybridized carbons (Fsp3) is 0.600. The molecule has 1 aliphatic rings. The normalized spacial score (nSPS) is 15.0. The van der Waals surface area contributed by atoms with Crippen LogP contribution in [0.4, 0.5) is 16.3 Å². The van der Waals surface area contributed by atoms with Gasteiger partial charge in [-0.15, -0.1) is 0 Å². The van der Waals surface area contributed by atoms with Crippen LogP contribution in [-0.2, 0) is 11.2 Å². The molecule has 1 aromatic heterocycles. The topological polar surface area (TPSA) is 97.6 Å². The Balaban J connectivity index is 1.92. The molecule has 1 aliphatic heterocycles. The minimum Gasteiger partial charge on any atom is -0.444 e. The fourth-order valence-corrected chi connectivity index (χ4v) is 2.33. The molecule has 2 rings (SSSR count). The fourth-order valence-electron chi connectivity index (χ4n) is 2.33. The zero-order chi connectivity index (χ0) is 17.2. The number of anilines is 1. The van der Waals surface area contributed by atoms with Crippen molar-refractivity contribution in [3.05, 3.63) is 27.9 Å². The number of amides is 1. The highest BCUT2D eigenvalue weighted by Gasteiger charge is 2.31. The van der Waals surface area contributed by atoms with Crippen molar-refractivity contribution in [1.82, 2.24) is 10.3 Å². The summed E-state index contributed by atoms with van der Waals surface area (Å²) in [5, 5.41) is 13.7. The molecule has 0 aromatic carbocycles. The van der Waals surface area contributed by atoms with Gasteiger partial charge in [0.15, 0.2) is 0 Å². The first-order valence-corrected chi connectivity index (χ1v) is 7.57. The molecule has 23 heavy (non-hydrogen) atoms. The molecular weight excluding hydrogens is 300 g/mol. The molecule has 1 aromatic rings. The number of hydrogen-bond donors (Lipinski definition) is 1. The van der Waals surface area contributed by atoms with E-state index in [1.807, 2.05) is 32.6 Å². The summed E-state index contributed by atoms with van der Waals surface area (Å²) >= 11 is 0. The molecular formula is C15H22N4O4. The van der Waals surface area contributed by atoms with Gasteiger partial charge in [0.25, 0.3) is 5.69 Å². The second-order valence-electron chi connectivity index (χ2n) is 6.53. The monoisotopic (exact) mass is 322 g/mol. The van der Waals surface area contributed by atoms with E-state index in [1.165, 1.54) is 6.20 Å². The Morgan fingerprint density at radius 2 is 2.17 bits per heavy atom. The number of nitrogens with zero attached hydrogens (tertiary/aromatic N) is 3. The molecule has 0 saturated carbocycles. The summed E-state index contributed by atoms with van der Waals surface area (Å²) in [5.74, 6) is 0.690. The molecule has 0 radical (unpaired) electrons. The van der Waals surface area contributed by atoms with Gasteiger partial charge in [0.05, 0.1) is 11.0 Å². The maximum atomic E-state index is 11.7. The Morgan fingerprint density at radius 3 is 2.70 bits per heavy atom. The van der Waals surface area contributed by atoms with E-state index in [4.69, 9.17) is 4.74 Å². The van der Waals surface area contributed by atoms with E-state index in [1.54, 1.807) is 6.07 Å². The molecule has 0 aliphatic carbocycles. The Labute approximate surface area is 135 Å². The summed E-state index contributed by atoms with van der Waals surface area (Å²) in [7, 11) is 0. The van der Waals surface area contributed by atoms with Gasteiger partial charge in [-0.3, -0.25) is 10.1 Å². The summed E-state index contributed by atoms with van der Waals surface area (Å²) in [5.41, 5.74) is 0.174. The van der Waals surface area contributed by atoms with Crippen LogP contribution in [0.3, 0.4) is 0 Å². The number of ether oxygens (including phenoxy) is 1. The average Bonchev–Trinajstić information content (AvgIpc) is 2.39. The minimum absolute atomic E-state index is 0.00748. The van der Waals surface area contributed by atoms with E-state index in [0.717, 1.165) is 0 Å². The number of carbonyl (C=O) groups is 1. The van der Waals surface area contributed by atoms with Crippen molar-refractivity contribution in [1.29, 1.82) is 0 Å². The van der Waals surface area contributed by atoms with Crippen molar-refractivity contribution in [2.45, 2.75) is 45.8 Å². The number of carbonyl (C=O) groups excluding carboxylic acids is 1. The van der Waals surface area contributed by atoms with Crippen molar-refractivity contribution in [2.24, 2.45) is 0 Å². The second-order valence-corrected chi connectivity index (χ2v) is 6.53.